The molecule has 21 heavy (non-hydrogen) atoms. The molecule has 5 nitrogen and oxygen atoms in total. The summed E-state index contributed by atoms with van der Waals surface area (Å²) in [7, 11) is 3.26. The van der Waals surface area contributed by atoms with Gasteiger partial charge in [0, 0.05) is 19.1 Å². The second kappa shape index (κ2) is 8.42. The molecule has 0 aliphatic rings. The van der Waals surface area contributed by atoms with Crippen LogP contribution in [0.5, 0.6) is 5.75 Å². The highest BCUT2D eigenvalue weighted by Gasteiger charge is 2.07. The smallest absolute Gasteiger partial charge is 0.240 e. The highest BCUT2D eigenvalue weighted by molar-refractivity contribution is 5.99. The predicted molar refractivity (Wildman–Crippen MR) is 83.5 cm³/mol. The van der Waals surface area contributed by atoms with Crippen molar-refractivity contribution in [1.29, 1.82) is 0 Å². The van der Waals surface area contributed by atoms with E-state index >= 15 is 0 Å². The molecule has 0 spiro atoms. The largest absolute Gasteiger partial charge is 0.496 e. The summed E-state index contributed by atoms with van der Waals surface area (Å²) in [5.41, 5.74) is 5.19. The summed E-state index contributed by atoms with van der Waals surface area (Å²) in [6.07, 6.45) is 0.467. The first-order valence-corrected chi connectivity index (χ1v) is 6.97. The van der Waals surface area contributed by atoms with Gasteiger partial charge in [-0.25, -0.2) is 5.43 Å². The Bertz CT molecular complexity index is 510. The highest BCUT2D eigenvalue weighted by atomic mass is 16.5. The molecule has 1 N–H and O–H groups in total. The van der Waals surface area contributed by atoms with Crippen LogP contribution in [0.4, 0.5) is 0 Å². The van der Waals surface area contributed by atoms with E-state index < -0.39 is 0 Å². The van der Waals surface area contributed by atoms with Crippen molar-refractivity contribution < 1.29 is 14.3 Å². The molecule has 1 rings (SSSR count). The van der Waals surface area contributed by atoms with Crippen LogP contribution >= 0.6 is 0 Å². The molecule has 1 aromatic carbocycles. The number of amides is 1. The second-order valence-corrected chi connectivity index (χ2v) is 5.29. The van der Waals surface area contributed by atoms with Crippen LogP contribution in [-0.2, 0) is 16.1 Å². The third kappa shape index (κ3) is 5.55. The number of carbonyl (C=O) groups excluding carboxylic acids is 1. The Morgan fingerprint density at radius 2 is 2.05 bits per heavy atom. The minimum Gasteiger partial charge on any atom is -0.496 e. The zero-order valence-electron chi connectivity index (χ0n) is 13.4. The van der Waals surface area contributed by atoms with Crippen LogP contribution in [0.25, 0.3) is 0 Å². The molecule has 0 fully saturated rings. The van der Waals surface area contributed by atoms with E-state index in [9.17, 15) is 4.79 Å². The quantitative estimate of drug-likeness (QED) is 0.621. The maximum absolute atomic E-state index is 11.6. The molecule has 0 atom stereocenters. The van der Waals surface area contributed by atoms with E-state index in [1.165, 1.54) is 0 Å². The summed E-state index contributed by atoms with van der Waals surface area (Å²) in [6, 6.07) is 5.74. The monoisotopic (exact) mass is 292 g/mol. The maximum Gasteiger partial charge on any atom is 0.240 e. The van der Waals surface area contributed by atoms with Crippen molar-refractivity contribution in [3.05, 3.63) is 29.3 Å². The van der Waals surface area contributed by atoms with Gasteiger partial charge in [0.2, 0.25) is 5.91 Å². The van der Waals surface area contributed by atoms with E-state index in [1.54, 1.807) is 14.2 Å². The van der Waals surface area contributed by atoms with E-state index in [1.807, 2.05) is 39.0 Å². The van der Waals surface area contributed by atoms with E-state index in [2.05, 4.69) is 10.5 Å². The van der Waals surface area contributed by atoms with Crippen LogP contribution in [0, 0.1) is 5.92 Å². The number of benzene rings is 1. The zero-order valence-corrected chi connectivity index (χ0v) is 13.4. The van der Waals surface area contributed by atoms with Gasteiger partial charge in [0.1, 0.15) is 5.75 Å². The third-order valence-corrected chi connectivity index (χ3v) is 2.94. The van der Waals surface area contributed by atoms with Gasteiger partial charge in [0.15, 0.2) is 0 Å². The number of carbonyl (C=O) groups is 1. The average Bonchev–Trinajstić information content (AvgIpc) is 2.44. The van der Waals surface area contributed by atoms with Crippen molar-refractivity contribution in [2.24, 2.45) is 11.0 Å². The van der Waals surface area contributed by atoms with Gasteiger partial charge < -0.3 is 9.47 Å². The standard InChI is InChI=1S/C16H24N2O3/c1-11(2)8-16(19)18-17-12(3)13-6-7-15(21-5)14(9-13)10-20-4/h6-7,9,11H,8,10H2,1-5H3,(H,18,19)/b17-12-. The van der Waals surface area contributed by atoms with Crippen molar-refractivity contribution in [2.45, 2.75) is 33.8 Å². The van der Waals surface area contributed by atoms with Crippen molar-refractivity contribution in [1.82, 2.24) is 5.43 Å². The van der Waals surface area contributed by atoms with Gasteiger partial charge in [-0.3, -0.25) is 4.79 Å². The van der Waals surface area contributed by atoms with Gasteiger partial charge in [0.25, 0.3) is 0 Å². The fourth-order valence-corrected chi connectivity index (χ4v) is 1.90. The number of nitrogens with zero attached hydrogens (tertiary/aromatic N) is 1. The first-order chi connectivity index (χ1) is 9.97. The number of nitrogens with one attached hydrogen (secondary N) is 1. The summed E-state index contributed by atoms with van der Waals surface area (Å²) >= 11 is 0. The van der Waals surface area contributed by atoms with Gasteiger partial charge in [0.05, 0.1) is 19.4 Å². The van der Waals surface area contributed by atoms with E-state index in [0.717, 1.165) is 22.6 Å². The van der Waals surface area contributed by atoms with Crippen molar-refractivity contribution >= 4 is 11.6 Å². The molecule has 116 valence electrons. The van der Waals surface area contributed by atoms with Crippen molar-refractivity contribution in [3.8, 4) is 5.75 Å². The molecule has 0 unspecified atom stereocenters. The number of hydrogen-bond donors (Lipinski definition) is 1. The van der Waals surface area contributed by atoms with E-state index in [-0.39, 0.29) is 5.91 Å². The molecule has 0 bridgehead atoms. The molecule has 0 heterocycles. The Morgan fingerprint density at radius 1 is 1.33 bits per heavy atom. The summed E-state index contributed by atoms with van der Waals surface area (Å²) in [5.74, 6) is 1.02. The number of ether oxygens (including phenoxy) is 2. The number of rotatable bonds is 7. The topological polar surface area (TPSA) is 59.9 Å². The molecule has 0 aromatic heterocycles. The lowest BCUT2D eigenvalue weighted by Crippen LogP contribution is -2.20. The zero-order chi connectivity index (χ0) is 15.8. The minimum absolute atomic E-state index is 0.0741. The molecule has 0 radical (unpaired) electrons. The molecular weight excluding hydrogens is 268 g/mol. The van der Waals surface area contributed by atoms with Crippen molar-refractivity contribution in [2.75, 3.05) is 14.2 Å². The fraction of sp³-hybridized carbons (Fsp3) is 0.500. The summed E-state index contributed by atoms with van der Waals surface area (Å²) in [6.45, 7) is 6.31. The van der Waals surface area contributed by atoms with Gasteiger partial charge >= 0.3 is 0 Å². The molecule has 1 aromatic rings. The lowest BCUT2D eigenvalue weighted by atomic mass is 10.1. The molecule has 0 aliphatic carbocycles. The van der Waals surface area contributed by atoms with Crippen molar-refractivity contribution in [3.63, 3.8) is 0 Å². The average molecular weight is 292 g/mol. The van der Waals surface area contributed by atoms with Gasteiger partial charge in [-0.1, -0.05) is 13.8 Å². The van der Waals surface area contributed by atoms with Crippen LogP contribution in [0.2, 0.25) is 0 Å². The maximum atomic E-state index is 11.6. The first kappa shape index (κ1) is 17.2. The SMILES string of the molecule is COCc1cc(/C(C)=N\NC(=O)CC(C)C)ccc1OC. The first-order valence-electron chi connectivity index (χ1n) is 6.97. The molecular formula is C16H24N2O3. The normalized spacial score (nSPS) is 11.6. The van der Waals surface area contributed by atoms with Crippen LogP contribution in [0.1, 0.15) is 38.3 Å². The minimum atomic E-state index is -0.0741. The van der Waals surface area contributed by atoms with E-state index in [0.29, 0.717) is 18.9 Å². The lowest BCUT2D eigenvalue weighted by Gasteiger charge is -2.10. The summed E-state index contributed by atoms with van der Waals surface area (Å²) in [5, 5.41) is 4.14. The fourth-order valence-electron chi connectivity index (χ4n) is 1.90. The van der Waals surface area contributed by atoms with Gasteiger partial charge in [-0.05, 0) is 36.6 Å². The highest BCUT2D eigenvalue weighted by Crippen LogP contribution is 2.21. The van der Waals surface area contributed by atoms with Crippen LogP contribution in [-0.4, -0.2) is 25.8 Å². The Labute approximate surface area is 126 Å². The summed E-state index contributed by atoms with van der Waals surface area (Å²) < 4.78 is 10.4. The Hall–Kier alpha value is -1.88. The lowest BCUT2D eigenvalue weighted by molar-refractivity contribution is -0.121. The molecule has 0 saturated carbocycles. The van der Waals surface area contributed by atoms with Gasteiger partial charge in [-0.15, -0.1) is 0 Å². The van der Waals surface area contributed by atoms with Crippen LogP contribution < -0.4 is 10.2 Å². The predicted octanol–water partition coefficient (Wildman–Crippen LogP) is 2.73. The summed E-state index contributed by atoms with van der Waals surface area (Å²) in [4.78, 5) is 11.6. The molecule has 0 saturated heterocycles. The Kier molecular flexibility index (Phi) is 6.88. The van der Waals surface area contributed by atoms with Crippen LogP contribution in [0.15, 0.2) is 23.3 Å². The second-order valence-electron chi connectivity index (χ2n) is 5.29. The van der Waals surface area contributed by atoms with Crippen LogP contribution in [0.3, 0.4) is 0 Å². The Morgan fingerprint density at radius 3 is 2.62 bits per heavy atom. The number of hydrazone groups is 1. The molecule has 1 amide bonds. The Balaban J connectivity index is 2.84. The number of methoxy groups -OCH3 is 2. The van der Waals surface area contributed by atoms with Gasteiger partial charge in [-0.2, -0.15) is 5.10 Å². The van der Waals surface area contributed by atoms with E-state index in [4.69, 9.17) is 9.47 Å². The number of hydrogen-bond acceptors (Lipinski definition) is 4. The molecule has 0 aliphatic heterocycles. The third-order valence-electron chi connectivity index (χ3n) is 2.94. The molecule has 5 heteroatoms.